The number of alkyl halides is 1. The Morgan fingerprint density at radius 2 is 1.92 bits per heavy atom. The van der Waals surface area contributed by atoms with Crippen molar-refractivity contribution in [1.29, 1.82) is 0 Å². The molecule has 2 aliphatic heterocycles. The lowest BCUT2D eigenvalue weighted by Crippen LogP contribution is -2.39. The monoisotopic (exact) mass is 547 g/mol. The molecular weight excluding hydrogens is 524 g/mol. The highest BCUT2D eigenvalue weighted by Gasteiger charge is 2.40. The molecule has 1 amide bonds. The maximum Gasteiger partial charge on any atom is 0.299 e. The first-order chi connectivity index (χ1) is 18.2. The van der Waals surface area contributed by atoms with Crippen molar-refractivity contribution in [3.05, 3.63) is 71.8 Å². The predicted octanol–water partition coefficient (Wildman–Crippen LogP) is 3.09. The van der Waals surface area contributed by atoms with Gasteiger partial charge in [-0.3, -0.25) is 14.5 Å². The van der Waals surface area contributed by atoms with Crippen molar-refractivity contribution in [3.63, 3.8) is 0 Å². The van der Waals surface area contributed by atoms with Crippen molar-refractivity contribution in [1.82, 2.24) is 13.9 Å². The number of halogens is 3. The fraction of sp³-hybridized carbons (Fsp3) is 0.320. The summed E-state index contributed by atoms with van der Waals surface area (Å²) in [6.45, 7) is -0.454. The zero-order chi connectivity index (χ0) is 27.0. The number of ketones is 1. The minimum absolute atomic E-state index is 0.0333. The predicted molar refractivity (Wildman–Crippen MR) is 129 cm³/mol. The van der Waals surface area contributed by atoms with E-state index < -0.39 is 46.1 Å². The van der Waals surface area contributed by atoms with Crippen molar-refractivity contribution in [2.75, 3.05) is 24.7 Å². The number of carbonyl (C=O) groups is 2. The third kappa shape index (κ3) is 4.78. The highest BCUT2D eigenvalue weighted by molar-refractivity contribution is 7.89. The third-order valence-corrected chi connectivity index (χ3v) is 8.50. The number of hydrogen-bond acceptors (Lipinski definition) is 6. The number of amides is 1. The molecule has 200 valence electrons. The van der Waals surface area contributed by atoms with Crippen LogP contribution in [0.3, 0.4) is 0 Å². The number of ether oxygens (including phenoxy) is 1. The van der Waals surface area contributed by atoms with Gasteiger partial charge in [0.05, 0.1) is 47.3 Å². The van der Waals surface area contributed by atoms with Crippen LogP contribution < -0.4 is 9.64 Å². The molecule has 1 aromatic heterocycles. The zero-order valence-corrected chi connectivity index (χ0v) is 20.8. The van der Waals surface area contributed by atoms with E-state index in [1.54, 1.807) is 6.20 Å². The van der Waals surface area contributed by atoms with Crippen LogP contribution in [0, 0.1) is 11.6 Å². The Balaban J connectivity index is 1.35. The number of imidazole rings is 1. The number of nitrogens with zero attached hydrogens (tertiary/aromatic N) is 4. The van der Waals surface area contributed by atoms with Gasteiger partial charge in [-0.2, -0.15) is 4.31 Å². The number of Topliss-reactive ketones (excluding diaryl/α,β-unsaturated/α-hetero) is 1. The smallest absolute Gasteiger partial charge is 0.299 e. The van der Waals surface area contributed by atoms with Crippen LogP contribution in [0.4, 0.5) is 18.9 Å². The zero-order valence-electron chi connectivity index (χ0n) is 20.0. The van der Waals surface area contributed by atoms with Crippen molar-refractivity contribution < 1.29 is 35.9 Å². The minimum Gasteiger partial charge on any atom is -0.489 e. The second-order valence-electron chi connectivity index (χ2n) is 8.99. The largest absolute Gasteiger partial charge is 0.489 e. The highest BCUT2D eigenvalue weighted by atomic mass is 32.2. The van der Waals surface area contributed by atoms with Gasteiger partial charge in [0.1, 0.15) is 19.1 Å². The Kier molecular flexibility index (Phi) is 6.97. The number of aryl methyl sites for hydroxylation is 1. The summed E-state index contributed by atoms with van der Waals surface area (Å²) in [5.74, 6) is -3.49. The number of hydrogen-bond donors (Lipinski definition) is 0. The van der Waals surface area contributed by atoms with Gasteiger partial charge in [0.25, 0.3) is 11.7 Å². The third-order valence-electron chi connectivity index (χ3n) is 6.55. The average Bonchev–Trinajstić information content (AvgIpc) is 3.60. The minimum atomic E-state index is -4.08. The van der Waals surface area contributed by atoms with E-state index in [4.69, 9.17) is 4.74 Å². The normalized spacial score (nSPS) is 17.9. The summed E-state index contributed by atoms with van der Waals surface area (Å²) >= 11 is 0. The van der Waals surface area contributed by atoms with Gasteiger partial charge < -0.3 is 9.30 Å². The van der Waals surface area contributed by atoms with Crippen molar-refractivity contribution >= 4 is 27.4 Å². The number of sulfonamides is 1. The number of rotatable bonds is 9. The maximum atomic E-state index is 13.9. The fourth-order valence-electron chi connectivity index (χ4n) is 4.67. The van der Waals surface area contributed by atoms with E-state index in [2.05, 4.69) is 4.98 Å². The first-order valence-corrected chi connectivity index (χ1v) is 13.3. The Bertz CT molecular complexity index is 1510. The summed E-state index contributed by atoms with van der Waals surface area (Å²) in [5.41, 5.74) is 0.661. The molecular formula is C25H23F3N4O5S. The quantitative estimate of drug-likeness (QED) is 0.382. The summed E-state index contributed by atoms with van der Waals surface area (Å²) < 4.78 is 74.8. The lowest BCUT2D eigenvalue weighted by molar-refractivity contribution is -0.114. The SMILES string of the molecule is O=C1C(=O)N(Cc2cn(CC[18F])cn2)c2ccc(S(=O)(=O)N3CCC[C@H]3COc3ccc(F)cc3F)cc21. The lowest BCUT2D eigenvalue weighted by atomic mass is 10.1. The molecule has 9 nitrogen and oxygen atoms in total. The van der Waals surface area contributed by atoms with Crippen LogP contribution in [-0.4, -0.2) is 59.8 Å². The van der Waals surface area contributed by atoms with E-state index in [1.807, 2.05) is 0 Å². The van der Waals surface area contributed by atoms with Gasteiger partial charge in [0, 0.05) is 18.8 Å². The summed E-state index contributed by atoms with van der Waals surface area (Å²) in [5, 5.41) is 0. The molecule has 0 saturated carbocycles. The molecule has 2 aliphatic rings. The topological polar surface area (TPSA) is 102 Å². The molecule has 1 saturated heterocycles. The summed E-state index contributed by atoms with van der Waals surface area (Å²) in [6.07, 6.45) is 4.01. The van der Waals surface area contributed by atoms with Gasteiger partial charge in [0.15, 0.2) is 11.6 Å². The van der Waals surface area contributed by atoms with Gasteiger partial charge in [0.2, 0.25) is 10.0 Å². The van der Waals surface area contributed by atoms with Crippen LogP contribution in [0.25, 0.3) is 0 Å². The Morgan fingerprint density at radius 3 is 2.68 bits per heavy atom. The van der Waals surface area contributed by atoms with Crippen molar-refractivity contribution in [3.8, 4) is 5.75 Å². The van der Waals surface area contributed by atoms with Crippen LogP contribution in [-0.2, 0) is 27.9 Å². The molecule has 1 fully saturated rings. The van der Waals surface area contributed by atoms with Gasteiger partial charge in [-0.25, -0.2) is 26.6 Å². The van der Waals surface area contributed by atoms with Crippen LogP contribution in [0.5, 0.6) is 5.75 Å². The van der Waals surface area contributed by atoms with E-state index in [9.17, 15) is 31.2 Å². The van der Waals surface area contributed by atoms with Gasteiger partial charge in [-0.15, -0.1) is 0 Å². The van der Waals surface area contributed by atoms with E-state index in [0.717, 1.165) is 12.1 Å². The molecule has 38 heavy (non-hydrogen) atoms. The Morgan fingerprint density at radius 1 is 1.11 bits per heavy atom. The van der Waals surface area contributed by atoms with Crippen LogP contribution >= 0.6 is 0 Å². The molecule has 5 rings (SSSR count). The molecule has 3 heterocycles. The van der Waals surface area contributed by atoms with Gasteiger partial charge in [-0.05, 0) is 43.2 Å². The molecule has 0 aliphatic carbocycles. The number of benzene rings is 2. The second-order valence-corrected chi connectivity index (χ2v) is 10.9. The molecule has 3 aromatic rings. The molecule has 1 atom stereocenters. The van der Waals surface area contributed by atoms with Crippen molar-refractivity contribution in [2.45, 2.75) is 36.9 Å². The second kappa shape index (κ2) is 10.2. The average molecular weight is 548 g/mol. The van der Waals surface area contributed by atoms with E-state index in [0.29, 0.717) is 24.6 Å². The lowest BCUT2D eigenvalue weighted by Gasteiger charge is -2.24. The molecule has 2 aromatic carbocycles. The summed E-state index contributed by atoms with van der Waals surface area (Å²) in [6, 6.07) is 6.17. The fourth-order valence-corrected chi connectivity index (χ4v) is 6.38. The molecule has 0 spiro atoms. The number of carbonyl (C=O) groups excluding carboxylic acids is 2. The molecule has 0 N–H and O–H groups in total. The number of aromatic nitrogens is 2. The van der Waals surface area contributed by atoms with E-state index in [1.165, 1.54) is 38.3 Å². The summed E-state index contributed by atoms with van der Waals surface area (Å²) in [7, 11) is -4.08. The molecule has 13 heteroatoms. The van der Waals surface area contributed by atoms with E-state index in [-0.39, 0.29) is 48.1 Å². The van der Waals surface area contributed by atoms with Crippen molar-refractivity contribution in [2.24, 2.45) is 0 Å². The van der Waals surface area contributed by atoms with Crippen LogP contribution in [0.1, 0.15) is 28.9 Å². The van der Waals surface area contributed by atoms with Crippen LogP contribution in [0.15, 0.2) is 53.8 Å². The highest BCUT2D eigenvalue weighted by Crippen LogP contribution is 2.34. The number of fused-ring (bicyclic) bond motifs is 1. The first-order valence-electron chi connectivity index (χ1n) is 11.9. The van der Waals surface area contributed by atoms with Gasteiger partial charge in [-0.1, -0.05) is 0 Å². The molecule has 0 bridgehead atoms. The van der Waals surface area contributed by atoms with Crippen LogP contribution in [0.2, 0.25) is 0 Å². The number of anilines is 1. The van der Waals surface area contributed by atoms with Gasteiger partial charge >= 0.3 is 0 Å². The summed E-state index contributed by atoms with van der Waals surface area (Å²) in [4.78, 5) is 30.6. The first kappa shape index (κ1) is 25.9. The maximum absolute atomic E-state index is 13.9. The molecule has 0 unspecified atom stereocenters. The Labute approximate surface area is 216 Å². The standard InChI is InChI=1S/C25H23F3N4O5S/c26-7-9-30-12-17(29-15-30)13-31-22-5-4-19(11-20(22)24(33)25(31)34)38(35,36)32-8-1-2-18(32)14-37-23-6-3-16(27)10-21(23)28/h3-6,10-12,15,18H,1-2,7-9,13-14H2/t18-/m0/s1/i26-1. The van der Waals surface area contributed by atoms with E-state index >= 15 is 0 Å². The Hall–Kier alpha value is -3.71. The molecule has 0 radical (unpaired) electrons.